The van der Waals surface area contributed by atoms with Crippen LogP contribution in [0.25, 0.3) is 0 Å². The molecule has 0 aromatic heterocycles. The molecule has 34 heavy (non-hydrogen) atoms. The van der Waals surface area contributed by atoms with Crippen molar-refractivity contribution in [3.05, 3.63) is 50.8 Å². The van der Waals surface area contributed by atoms with Gasteiger partial charge in [-0.3, -0.25) is 0 Å². The van der Waals surface area contributed by atoms with Crippen LogP contribution in [0.4, 0.5) is 0 Å². The van der Waals surface area contributed by atoms with Gasteiger partial charge in [0, 0.05) is 29.0 Å². The van der Waals surface area contributed by atoms with Crippen molar-refractivity contribution < 1.29 is 24.2 Å². The predicted molar refractivity (Wildman–Crippen MR) is 135 cm³/mol. The van der Waals surface area contributed by atoms with Crippen LogP contribution in [0.5, 0.6) is 5.75 Å². The third kappa shape index (κ3) is 6.43. The normalized spacial score (nSPS) is 16.9. The van der Waals surface area contributed by atoms with Crippen LogP contribution in [-0.4, -0.2) is 54.8 Å². The van der Waals surface area contributed by atoms with Gasteiger partial charge in [0.05, 0.1) is 23.7 Å². The van der Waals surface area contributed by atoms with Gasteiger partial charge in [-0.25, -0.2) is 9.59 Å². The van der Waals surface area contributed by atoms with E-state index in [0.29, 0.717) is 39.8 Å². The second kappa shape index (κ2) is 12.6. The number of hydrogen-bond acceptors (Lipinski definition) is 6. The highest BCUT2D eigenvalue weighted by molar-refractivity contribution is 9.10. The molecule has 0 radical (unpaired) electrons. The summed E-state index contributed by atoms with van der Waals surface area (Å²) in [6.45, 7) is 8.97. The molecule has 2 rings (SSSR count). The minimum absolute atomic E-state index is 0.0935. The third-order valence-electron chi connectivity index (χ3n) is 5.94. The summed E-state index contributed by atoms with van der Waals surface area (Å²) >= 11 is 3.54. The second-order valence-electron chi connectivity index (χ2n) is 8.25. The fourth-order valence-corrected chi connectivity index (χ4v) is 4.37. The molecule has 2 N–H and O–H groups in total. The van der Waals surface area contributed by atoms with Crippen molar-refractivity contribution in [2.24, 2.45) is 0 Å². The number of aliphatic carboxylic acids is 1. The number of nitrogens with one attached hydrogen (secondary N) is 1. The maximum atomic E-state index is 13.0. The molecule has 184 valence electrons. The molecule has 0 bridgehead atoms. The smallest absolute Gasteiger partial charge is 0.337 e. The first-order valence-corrected chi connectivity index (χ1v) is 12.1. The number of halogens is 1. The molecule has 1 heterocycles. The van der Waals surface area contributed by atoms with Gasteiger partial charge in [0.2, 0.25) is 0 Å². The zero-order valence-corrected chi connectivity index (χ0v) is 22.0. The summed E-state index contributed by atoms with van der Waals surface area (Å²) in [4.78, 5) is 27.1. The van der Waals surface area contributed by atoms with Gasteiger partial charge in [0.25, 0.3) is 0 Å². The summed E-state index contributed by atoms with van der Waals surface area (Å²) in [6, 6.07) is 5.71. The number of carbonyl (C=O) groups excluding carboxylic acids is 1. The first-order valence-electron chi connectivity index (χ1n) is 11.3. The minimum Gasteiger partial charge on any atom is -0.494 e. The average Bonchev–Trinajstić information content (AvgIpc) is 2.80. The van der Waals surface area contributed by atoms with Gasteiger partial charge in [-0.2, -0.15) is 0 Å². The number of terminal acetylenes is 1. The van der Waals surface area contributed by atoms with Gasteiger partial charge in [-0.1, -0.05) is 28.8 Å². The maximum absolute atomic E-state index is 13.0. The van der Waals surface area contributed by atoms with Crippen LogP contribution in [-0.2, 0) is 14.3 Å². The quantitative estimate of drug-likeness (QED) is 0.321. The molecule has 0 saturated carbocycles. The lowest BCUT2D eigenvalue weighted by Gasteiger charge is -2.35. The molecular weight excluding hydrogens is 500 g/mol. The van der Waals surface area contributed by atoms with Crippen LogP contribution >= 0.6 is 15.9 Å². The van der Waals surface area contributed by atoms with E-state index < -0.39 is 17.9 Å². The van der Waals surface area contributed by atoms with Crippen LogP contribution < -0.4 is 10.1 Å². The largest absolute Gasteiger partial charge is 0.494 e. The highest BCUT2D eigenvalue weighted by atomic mass is 79.9. The Morgan fingerprint density at radius 1 is 1.29 bits per heavy atom. The number of hydrogen-bond donors (Lipinski definition) is 2. The number of nitrogens with zero attached hydrogens (tertiary/aromatic N) is 1. The molecule has 1 aliphatic rings. The van der Waals surface area contributed by atoms with Crippen LogP contribution in [0.3, 0.4) is 0 Å². The molecule has 2 atom stereocenters. The summed E-state index contributed by atoms with van der Waals surface area (Å²) in [5.74, 6) is 0.260. The summed E-state index contributed by atoms with van der Waals surface area (Å²) < 4.78 is 11.9. The summed E-state index contributed by atoms with van der Waals surface area (Å²) in [7, 11) is 1.72. The molecule has 1 aliphatic heterocycles. The van der Waals surface area contributed by atoms with Crippen LogP contribution in [0.15, 0.2) is 45.2 Å². The van der Waals surface area contributed by atoms with E-state index in [0.717, 1.165) is 19.4 Å². The van der Waals surface area contributed by atoms with E-state index in [2.05, 4.69) is 41.0 Å². The molecular formula is C26H33BrN2O5. The van der Waals surface area contributed by atoms with E-state index in [1.165, 1.54) is 0 Å². The van der Waals surface area contributed by atoms with Crippen molar-refractivity contribution in [2.45, 2.75) is 52.5 Å². The Balaban J connectivity index is 2.47. The molecule has 0 amide bonds. The second-order valence-corrected chi connectivity index (χ2v) is 9.11. The van der Waals surface area contributed by atoms with Gasteiger partial charge in [-0.05, 0) is 63.9 Å². The van der Waals surface area contributed by atoms with Crippen molar-refractivity contribution in [1.29, 1.82) is 0 Å². The van der Waals surface area contributed by atoms with Crippen LogP contribution in [0.2, 0.25) is 0 Å². The summed E-state index contributed by atoms with van der Waals surface area (Å²) in [6.07, 6.45) is 7.15. The Morgan fingerprint density at radius 2 is 1.97 bits per heavy atom. The molecule has 0 saturated heterocycles. The Hall–Kier alpha value is -2.76. The molecule has 2 unspecified atom stereocenters. The zero-order chi connectivity index (χ0) is 25.4. The molecule has 1 aromatic carbocycles. The third-order valence-corrected chi connectivity index (χ3v) is 6.66. The number of ether oxygens (including phenoxy) is 2. The minimum atomic E-state index is -1.11. The lowest BCUT2D eigenvalue weighted by atomic mass is 9.80. The van der Waals surface area contributed by atoms with E-state index in [1.807, 2.05) is 6.07 Å². The first-order chi connectivity index (χ1) is 16.1. The molecule has 8 heteroatoms. The van der Waals surface area contributed by atoms with E-state index >= 15 is 0 Å². The topological polar surface area (TPSA) is 88.1 Å². The van der Waals surface area contributed by atoms with E-state index in [4.69, 9.17) is 15.9 Å². The number of rotatable bonds is 11. The number of allylic oxidation sites excluding steroid dienone is 2. The average molecular weight is 533 g/mol. The highest BCUT2D eigenvalue weighted by Gasteiger charge is 2.40. The monoisotopic (exact) mass is 532 g/mol. The van der Waals surface area contributed by atoms with Crippen molar-refractivity contribution in [2.75, 3.05) is 26.8 Å². The number of carboxylic acid groups (broad SMARTS) is 1. The zero-order valence-electron chi connectivity index (χ0n) is 20.4. The highest BCUT2D eigenvalue weighted by Crippen LogP contribution is 2.45. The van der Waals surface area contributed by atoms with Crippen LogP contribution in [0.1, 0.15) is 52.0 Å². The molecule has 1 aromatic rings. The van der Waals surface area contributed by atoms with E-state index in [1.54, 1.807) is 37.9 Å². The maximum Gasteiger partial charge on any atom is 0.337 e. The van der Waals surface area contributed by atoms with Crippen LogP contribution in [0, 0.1) is 12.3 Å². The van der Waals surface area contributed by atoms with Crippen molar-refractivity contribution in [3.63, 3.8) is 0 Å². The Kier molecular flexibility index (Phi) is 10.2. The van der Waals surface area contributed by atoms with Gasteiger partial charge >= 0.3 is 11.9 Å². The van der Waals surface area contributed by atoms with Crippen molar-refractivity contribution >= 4 is 27.9 Å². The summed E-state index contributed by atoms with van der Waals surface area (Å²) in [5.41, 5.74) is 2.07. The van der Waals surface area contributed by atoms with E-state index in [9.17, 15) is 14.7 Å². The van der Waals surface area contributed by atoms with Gasteiger partial charge in [0.1, 0.15) is 5.75 Å². The standard InChI is InChI=1S/C26H33BrN2O5/c1-7-12-28-16(3)11-14-33-19-9-10-21(27)20(15-19)24-22(25(30)31)17(4)29(6)18(5)23(24)26(32)34-13-8-2/h2,9-10,15-16,24,28H,7,11-14H2,1,3-6H3,(H,30,31). The lowest BCUT2D eigenvalue weighted by Crippen LogP contribution is -2.33. The summed E-state index contributed by atoms with van der Waals surface area (Å²) in [5, 5.41) is 13.5. The van der Waals surface area contributed by atoms with Gasteiger partial charge in [-0.15, -0.1) is 6.42 Å². The lowest BCUT2D eigenvalue weighted by molar-refractivity contribution is -0.138. The molecule has 7 nitrogen and oxygen atoms in total. The molecule has 0 fully saturated rings. The van der Waals surface area contributed by atoms with Gasteiger partial charge < -0.3 is 24.8 Å². The van der Waals surface area contributed by atoms with E-state index in [-0.39, 0.29) is 17.8 Å². The molecule has 0 aliphatic carbocycles. The van der Waals surface area contributed by atoms with Gasteiger partial charge in [0.15, 0.2) is 6.61 Å². The van der Waals surface area contributed by atoms with Crippen molar-refractivity contribution in [1.82, 2.24) is 10.2 Å². The number of esters is 1. The number of carboxylic acids is 1. The Morgan fingerprint density at radius 3 is 2.59 bits per heavy atom. The Bertz CT molecular complexity index is 1020. The Labute approximate surface area is 210 Å². The van der Waals surface area contributed by atoms with Crippen molar-refractivity contribution in [3.8, 4) is 18.1 Å². The number of benzene rings is 1. The molecule has 0 spiro atoms. The first kappa shape index (κ1) is 27.5. The number of carbonyl (C=O) groups is 2. The SMILES string of the molecule is C#CCOC(=O)C1=C(C)N(C)C(C)=C(C(=O)O)C1c1cc(OCCC(C)NCCC)ccc1Br. The fraction of sp³-hybridized carbons (Fsp3) is 0.462. The predicted octanol–water partition coefficient (Wildman–Crippen LogP) is 4.44. The fourth-order valence-electron chi connectivity index (χ4n) is 3.89.